The average molecular weight is 293 g/mol. The first-order chi connectivity index (χ1) is 10.1. The van der Waals surface area contributed by atoms with E-state index in [4.69, 9.17) is 9.47 Å². The lowest BCUT2D eigenvalue weighted by atomic mass is 10.1. The molecule has 1 aromatic rings. The summed E-state index contributed by atoms with van der Waals surface area (Å²) in [6, 6.07) is -0.203. The number of carbonyl (C=O) groups excluding carboxylic acids is 1. The zero-order valence-electron chi connectivity index (χ0n) is 12.9. The fraction of sp³-hybridized carbons (Fsp3) is 0.600. The summed E-state index contributed by atoms with van der Waals surface area (Å²) in [5, 5.41) is 5.63. The van der Waals surface area contributed by atoms with E-state index in [1.54, 1.807) is 13.3 Å². The van der Waals surface area contributed by atoms with Gasteiger partial charge in [-0.05, 0) is 26.7 Å². The van der Waals surface area contributed by atoms with E-state index in [1.807, 2.05) is 13.8 Å². The van der Waals surface area contributed by atoms with Crippen molar-refractivity contribution in [3.63, 3.8) is 0 Å². The molecule has 2 heterocycles. The molecule has 6 heteroatoms. The molecule has 2 N–H and O–H groups in total. The highest BCUT2D eigenvalue weighted by Gasteiger charge is 2.16. The highest BCUT2D eigenvalue weighted by Crippen LogP contribution is 2.23. The molecule has 21 heavy (non-hydrogen) atoms. The van der Waals surface area contributed by atoms with E-state index in [0.717, 1.165) is 42.0 Å². The van der Waals surface area contributed by atoms with Gasteiger partial charge in [-0.2, -0.15) is 0 Å². The Morgan fingerprint density at radius 2 is 2.29 bits per heavy atom. The van der Waals surface area contributed by atoms with Gasteiger partial charge in [-0.3, -0.25) is 4.98 Å². The summed E-state index contributed by atoms with van der Waals surface area (Å²) in [7, 11) is 1.64. The lowest BCUT2D eigenvalue weighted by Crippen LogP contribution is -2.39. The minimum absolute atomic E-state index is 0.148. The van der Waals surface area contributed by atoms with E-state index in [1.165, 1.54) is 0 Å². The zero-order valence-corrected chi connectivity index (χ0v) is 12.9. The Balaban J connectivity index is 1.83. The minimum atomic E-state index is -0.203. The molecule has 0 bridgehead atoms. The van der Waals surface area contributed by atoms with Gasteiger partial charge < -0.3 is 20.1 Å². The lowest BCUT2D eigenvalue weighted by Gasteiger charge is -2.14. The Morgan fingerprint density at radius 1 is 1.48 bits per heavy atom. The molecule has 6 nitrogen and oxygen atoms in total. The molecule has 1 fully saturated rings. The molecule has 0 radical (unpaired) electrons. The third-order valence-corrected chi connectivity index (χ3v) is 3.68. The van der Waals surface area contributed by atoms with Crippen LogP contribution < -0.4 is 15.4 Å². The fourth-order valence-corrected chi connectivity index (χ4v) is 2.49. The number of nitrogens with one attached hydrogen (secondary N) is 2. The fourth-order valence-electron chi connectivity index (χ4n) is 2.49. The van der Waals surface area contributed by atoms with E-state index in [9.17, 15) is 4.79 Å². The summed E-state index contributed by atoms with van der Waals surface area (Å²) < 4.78 is 10.8. The lowest BCUT2D eigenvalue weighted by molar-refractivity contribution is 0.111. The second-order valence-electron chi connectivity index (χ2n) is 5.24. The molecule has 0 spiro atoms. The first-order valence-corrected chi connectivity index (χ1v) is 7.24. The van der Waals surface area contributed by atoms with Crippen LogP contribution in [-0.2, 0) is 11.3 Å². The van der Waals surface area contributed by atoms with Crippen LogP contribution in [0.5, 0.6) is 5.75 Å². The van der Waals surface area contributed by atoms with Gasteiger partial charge in [-0.15, -0.1) is 0 Å². The van der Waals surface area contributed by atoms with Crippen molar-refractivity contribution in [3.05, 3.63) is 23.0 Å². The molecule has 0 aliphatic carbocycles. The standard InChI is InChI=1S/C15H23N3O3/c1-10-7-16-13(11(2)14(10)20-3)9-18-15(19)17-8-12-5-4-6-21-12/h7,12H,4-6,8-9H2,1-3H3,(H2,17,18,19). The maximum absolute atomic E-state index is 11.8. The van der Waals surface area contributed by atoms with Gasteiger partial charge in [0.2, 0.25) is 0 Å². The first-order valence-electron chi connectivity index (χ1n) is 7.24. The van der Waals surface area contributed by atoms with Crippen LogP contribution in [0.3, 0.4) is 0 Å². The molecule has 1 aliphatic rings. The Hall–Kier alpha value is -1.82. The smallest absolute Gasteiger partial charge is 0.315 e. The number of aromatic nitrogens is 1. The van der Waals surface area contributed by atoms with Crippen molar-refractivity contribution in [1.29, 1.82) is 0 Å². The molecule has 1 aromatic heterocycles. The van der Waals surface area contributed by atoms with Crippen LogP contribution in [0.4, 0.5) is 4.79 Å². The van der Waals surface area contributed by atoms with Crippen molar-refractivity contribution < 1.29 is 14.3 Å². The first kappa shape index (κ1) is 15.6. The van der Waals surface area contributed by atoms with Gasteiger partial charge in [0.1, 0.15) is 5.75 Å². The van der Waals surface area contributed by atoms with Gasteiger partial charge in [0.05, 0.1) is 25.5 Å². The molecule has 2 rings (SSSR count). The predicted molar refractivity (Wildman–Crippen MR) is 79.5 cm³/mol. The monoisotopic (exact) mass is 293 g/mol. The van der Waals surface area contributed by atoms with Crippen molar-refractivity contribution in [1.82, 2.24) is 15.6 Å². The van der Waals surface area contributed by atoms with Gasteiger partial charge in [0.25, 0.3) is 0 Å². The number of hydrogen-bond acceptors (Lipinski definition) is 4. The number of aryl methyl sites for hydroxylation is 1. The number of urea groups is 1. The van der Waals surface area contributed by atoms with Gasteiger partial charge in [-0.25, -0.2) is 4.79 Å². The largest absolute Gasteiger partial charge is 0.496 e. The Kier molecular flexibility index (Phi) is 5.38. The summed E-state index contributed by atoms with van der Waals surface area (Å²) in [6.07, 6.45) is 3.98. The minimum Gasteiger partial charge on any atom is -0.496 e. The number of rotatable bonds is 5. The van der Waals surface area contributed by atoms with Crippen molar-refractivity contribution in [2.75, 3.05) is 20.3 Å². The zero-order chi connectivity index (χ0) is 15.2. The number of carbonyl (C=O) groups is 1. The summed E-state index contributed by atoms with van der Waals surface area (Å²) in [6.45, 7) is 5.61. The molecule has 2 amide bonds. The molecular weight excluding hydrogens is 270 g/mol. The van der Waals surface area contributed by atoms with Crippen molar-refractivity contribution in [2.45, 2.75) is 39.3 Å². The SMILES string of the molecule is COc1c(C)cnc(CNC(=O)NCC2CCCO2)c1C. The molecule has 1 atom stereocenters. The summed E-state index contributed by atoms with van der Waals surface area (Å²) in [5.74, 6) is 0.821. The van der Waals surface area contributed by atoms with E-state index in [0.29, 0.717) is 13.1 Å². The maximum Gasteiger partial charge on any atom is 0.315 e. The van der Waals surface area contributed by atoms with Crippen LogP contribution in [0.15, 0.2) is 6.20 Å². The van der Waals surface area contributed by atoms with Crippen LogP contribution in [0.1, 0.15) is 29.7 Å². The van der Waals surface area contributed by atoms with Crippen LogP contribution in [0.25, 0.3) is 0 Å². The molecule has 0 saturated carbocycles. The molecule has 1 unspecified atom stereocenters. The number of amides is 2. The molecule has 116 valence electrons. The number of methoxy groups -OCH3 is 1. The van der Waals surface area contributed by atoms with Gasteiger partial charge in [-0.1, -0.05) is 0 Å². The Morgan fingerprint density at radius 3 is 2.95 bits per heavy atom. The molecule has 1 aliphatic heterocycles. The highest BCUT2D eigenvalue weighted by atomic mass is 16.5. The predicted octanol–water partition coefficient (Wildman–Crippen LogP) is 1.69. The van der Waals surface area contributed by atoms with Crippen LogP contribution in [0, 0.1) is 13.8 Å². The molecule has 1 saturated heterocycles. The quantitative estimate of drug-likeness (QED) is 0.866. The number of ether oxygens (including phenoxy) is 2. The summed E-state index contributed by atoms with van der Waals surface area (Å²) in [5.41, 5.74) is 2.75. The second-order valence-corrected chi connectivity index (χ2v) is 5.24. The third kappa shape index (κ3) is 4.07. The molecular formula is C15H23N3O3. The maximum atomic E-state index is 11.8. The topological polar surface area (TPSA) is 72.5 Å². The van der Waals surface area contributed by atoms with Gasteiger partial charge in [0.15, 0.2) is 0 Å². The van der Waals surface area contributed by atoms with Crippen molar-refractivity contribution in [3.8, 4) is 5.75 Å². The second kappa shape index (κ2) is 7.26. The summed E-state index contributed by atoms with van der Waals surface area (Å²) >= 11 is 0. The van der Waals surface area contributed by atoms with E-state index in [2.05, 4.69) is 15.6 Å². The normalized spacial score (nSPS) is 17.6. The third-order valence-electron chi connectivity index (χ3n) is 3.68. The molecule has 0 aromatic carbocycles. The Bertz CT molecular complexity index is 499. The Labute approximate surface area is 125 Å². The van der Waals surface area contributed by atoms with E-state index >= 15 is 0 Å². The average Bonchev–Trinajstić information content (AvgIpc) is 2.98. The van der Waals surface area contributed by atoms with Gasteiger partial charge in [0, 0.05) is 30.5 Å². The van der Waals surface area contributed by atoms with E-state index in [-0.39, 0.29) is 12.1 Å². The van der Waals surface area contributed by atoms with Crippen LogP contribution >= 0.6 is 0 Å². The van der Waals surface area contributed by atoms with E-state index < -0.39 is 0 Å². The van der Waals surface area contributed by atoms with Crippen LogP contribution in [-0.4, -0.2) is 37.4 Å². The van der Waals surface area contributed by atoms with Gasteiger partial charge >= 0.3 is 6.03 Å². The number of pyridine rings is 1. The van der Waals surface area contributed by atoms with Crippen LogP contribution in [0.2, 0.25) is 0 Å². The van der Waals surface area contributed by atoms with Crippen molar-refractivity contribution in [2.24, 2.45) is 0 Å². The number of nitrogens with zero attached hydrogens (tertiary/aromatic N) is 1. The number of hydrogen-bond donors (Lipinski definition) is 2. The summed E-state index contributed by atoms with van der Waals surface area (Å²) in [4.78, 5) is 16.1. The highest BCUT2D eigenvalue weighted by molar-refractivity contribution is 5.73. The van der Waals surface area contributed by atoms with Crippen molar-refractivity contribution >= 4 is 6.03 Å².